The largest absolute Gasteiger partial charge is 0.353 e. The highest BCUT2D eigenvalue weighted by atomic mass is 32.2. The van der Waals surface area contributed by atoms with E-state index >= 15 is 0 Å². The van der Waals surface area contributed by atoms with E-state index in [1.165, 1.54) is 18.9 Å². The Labute approximate surface area is 182 Å². The van der Waals surface area contributed by atoms with Crippen LogP contribution >= 0.6 is 11.8 Å². The molecule has 8 heteroatoms. The molecule has 31 heavy (non-hydrogen) atoms. The molecule has 0 saturated heterocycles. The monoisotopic (exact) mass is 443 g/mol. The Bertz CT molecular complexity index is 1160. The standard InChI is InChI=1S/C23H23F2N3O2S/c24-15-11-12-20(18(25)13-15)28-22(30)17-9-5-6-10-19(17)27-23(28)31-14-21(29)26-16-7-3-1-2-4-8-16/h5-6,9-13,16H,1-4,7-8,14H2,(H,26,29). The molecule has 162 valence electrons. The van der Waals surface area contributed by atoms with Gasteiger partial charge < -0.3 is 5.32 Å². The molecule has 0 spiro atoms. The van der Waals surface area contributed by atoms with E-state index in [2.05, 4.69) is 10.3 Å². The fourth-order valence-corrected chi connectivity index (χ4v) is 4.72. The summed E-state index contributed by atoms with van der Waals surface area (Å²) in [5, 5.41) is 3.56. The van der Waals surface area contributed by atoms with Crippen LogP contribution in [0.25, 0.3) is 16.6 Å². The quantitative estimate of drug-likeness (QED) is 0.356. The summed E-state index contributed by atoms with van der Waals surface area (Å²) in [5.41, 5.74) is -0.114. The normalized spacial score (nSPS) is 15.0. The maximum Gasteiger partial charge on any atom is 0.266 e. The third-order valence-electron chi connectivity index (χ3n) is 5.45. The zero-order valence-electron chi connectivity index (χ0n) is 16.9. The smallest absolute Gasteiger partial charge is 0.266 e. The van der Waals surface area contributed by atoms with Gasteiger partial charge in [0.05, 0.1) is 22.3 Å². The molecule has 3 aromatic rings. The van der Waals surface area contributed by atoms with Gasteiger partial charge in [0.25, 0.3) is 5.56 Å². The number of halogens is 2. The summed E-state index contributed by atoms with van der Waals surface area (Å²) in [6.45, 7) is 0. The molecule has 1 fully saturated rings. The molecule has 1 aliphatic carbocycles. The summed E-state index contributed by atoms with van der Waals surface area (Å²) in [7, 11) is 0. The van der Waals surface area contributed by atoms with E-state index in [9.17, 15) is 18.4 Å². The predicted octanol–water partition coefficient (Wildman–Crippen LogP) is 4.60. The van der Waals surface area contributed by atoms with E-state index in [0.29, 0.717) is 10.9 Å². The molecule has 1 aliphatic rings. The number of para-hydroxylation sites is 1. The third kappa shape index (κ3) is 4.95. The topological polar surface area (TPSA) is 64.0 Å². The van der Waals surface area contributed by atoms with Crippen LogP contribution in [0.2, 0.25) is 0 Å². The third-order valence-corrected chi connectivity index (χ3v) is 6.39. The van der Waals surface area contributed by atoms with Crippen LogP contribution < -0.4 is 10.9 Å². The molecule has 1 aromatic heterocycles. The van der Waals surface area contributed by atoms with Crippen LogP contribution in [-0.2, 0) is 4.79 Å². The number of nitrogens with zero attached hydrogens (tertiary/aromatic N) is 2. The average molecular weight is 444 g/mol. The number of hydrogen-bond acceptors (Lipinski definition) is 4. The SMILES string of the molecule is O=C(CSc1nc2ccccc2c(=O)n1-c1ccc(F)cc1F)NC1CCCCCC1. The van der Waals surface area contributed by atoms with Crippen molar-refractivity contribution in [1.29, 1.82) is 0 Å². The summed E-state index contributed by atoms with van der Waals surface area (Å²) in [5.74, 6) is -1.71. The zero-order valence-corrected chi connectivity index (χ0v) is 17.8. The molecule has 0 aliphatic heterocycles. The van der Waals surface area contributed by atoms with Crippen LogP contribution in [0.15, 0.2) is 52.4 Å². The van der Waals surface area contributed by atoms with Crippen LogP contribution in [0.1, 0.15) is 38.5 Å². The summed E-state index contributed by atoms with van der Waals surface area (Å²) in [4.78, 5) is 30.2. The van der Waals surface area contributed by atoms with Gasteiger partial charge in [-0.15, -0.1) is 0 Å². The second-order valence-corrected chi connectivity index (χ2v) is 8.63. The van der Waals surface area contributed by atoms with Gasteiger partial charge in [-0.25, -0.2) is 13.8 Å². The number of thioether (sulfide) groups is 1. The molecular weight excluding hydrogens is 420 g/mol. The number of nitrogens with one attached hydrogen (secondary N) is 1. The molecule has 4 rings (SSSR count). The number of carbonyl (C=O) groups is 1. The molecule has 5 nitrogen and oxygen atoms in total. The molecule has 1 N–H and O–H groups in total. The van der Waals surface area contributed by atoms with Crippen molar-refractivity contribution in [2.75, 3.05) is 5.75 Å². The minimum atomic E-state index is -0.871. The number of carbonyl (C=O) groups excluding carboxylic acids is 1. The van der Waals surface area contributed by atoms with Crippen molar-refractivity contribution in [1.82, 2.24) is 14.9 Å². The minimum absolute atomic E-state index is 0.0457. The lowest BCUT2D eigenvalue weighted by molar-refractivity contribution is -0.119. The molecule has 0 unspecified atom stereocenters. The number of hydrogen-bond donors (Lipinski definition) is 1. The molecule has 1 amide bonds. The van der Waals surface area contributed by atoms with E-state index in [0.717, 1.165) is 54.1 Å². The lowest BCUT2D eigenvalue weighted by atomic mass is 10.1. The van der Waals surface area contributed by atoms with Crippen LogP contribution in [-0.4, -0.2) is 27.3 Å². The van der Waals surface area contributed by atoms with E-state index in [4.69, 9.17) is 0 Å². The Hall–Kier alpha value is -2.74. The first kappa shape index (κ1) is 21.5. The molecule has 0 bridgehead atoms. The summed E-state index contributed by atoms with van der Waals surface area (Å²) in [6.07, 6.45) is 6.53. The first-order valence-corrected chi connectivity index (χ1v) is 11.4. The number of rotatable bonds is 5. The van der Waals surface area contributed by atoms with Crippen molar-refractivity contribution in [3.8, 4) is 5.69 Å². The maximum absolute atomic E-state index is 14.5. The van der Waals surface area contributed by atoms with Crippen molar-refractivity contribution in [2.45, 2.75) is 49.7 Å². The fourth-order valence-electron chi connectivity index (χ4n) is 3.91. The first-order valence-electron chi connectivity index (χ1n) is 10.4. The van der Waals surface area contributed by atoms with Gasteiger partial charge in [0.1, 0.15) is 11.6 Å². The highest BCUT2D eigenvalue weighted by Crippen LogP contribution is 2.24. The number of fused-ring (bicyclic) bond motifs is 1. The van der Waals surface area contributed by atoms with Crippen molar-refractivity contribution >= 4 is 28.6 Å². The van der Waals surface area contributed by atoms with E-state index in [1.54, 1.807) is 24.3 Å². The van der Waals surface area contributed by atoms with E-state index in [1.807, 2.05) is 0 Å². The van der Waals surface area contributed by atoms with Gasteiger partial charge in [-0.05, 0) is 37.1 Å². The zero-order chi connectivity index (χ0) is 21.8. The molecule has 0 radical (unpaired) electrons. The van der Waals surface area contributed by atoms with Gasteiger partial charge in [0, 0.05) is 12.1 Å². The molecule has 1 saturated carbocycles. The number of amides is 1. The van der Waals surface area contributed by atoms with Gasteiger partial charge in [-0.1, -0.05) is 49.6 Å². The summed E-state index contributed by atoms with van der Waals surface area (Å²) >= 11 is 1.07. The molecular formula is C23H23F2N3O2S. The molecule has 0 atom stereocenters. The predicted molar refractivity (Wildman–Crippen MR) is 118 cm³/mol. The second kappa shape index (κ2) is 9.60. The highest BCUT2D eigenvalue weighted by molar-refractivity contribution is 7.99. The van der Waals surface area contributed by atoms with Gasteiger partial charge in [-0.3, -0.25) is 14.2 Å². The van der Waals surface area contributed by atoms with Gasteiger partial charge >= 0.3 is 0 Å². The van der Waals surface area contributed by atoms with E-state index < -0.39 is 17.2 Å². The van der Waals surface area contributed by atoms with Gasteiger partial charge in [0.15, 0.2) is 5.16 Å². The fraction of sp³-hybridized carbons (Fsp3) is 0.348. The number of benzene rings is 2. The Morgan fingerprint density at radius 3 is 2.58 bits per heavy atom. The Kier molecular flexibility index (Phi) is 6.65. The lowest BCUT2D eigenvalue weighted by Gasteiger charge is -2.17. The van der Waals surface area contributed by atoms with Crippen LogP contribution in [0, 0.1) is 11.6 Å². The minimum Gasteiger partial charge on any atom is -0.353 e. The summed E-state index contributed by atoms with van der Waals surface area (Å²) < 4.78 is 29.1. The van der Waals surface area contributed by atoms with E-state index in [-0.39, 0.29) is 28.5 Å². The molecule has 2 aromatic carbocycles. The maximum atomic E-state index is 14.5. The summed E-state index contributed by atoms with van der Waals surface area (Å²) in [6, 6.07) is 9.94. The van der Waals surface area contributed by atoms with Gasteiger partial charge in [0.2, 0.25) is 5.91 Å². The Morgan fingerprint density at radius 1 is 1.10 bits per heavy atom. The second-order valence-electron chi connectivity index (χ2n) is 7.69. The Morgan fingerprint density at radius 2 is 1.84 bits per heavy atom. The Balaban J connectivity index is 1.64. The van der Waals surface area contributed by atoms with Crippen molar-refractivity contribution < 1.29 is 13.6 Å². The van der Waals surface area contributed by atoms with Crippen molar-refractivity contribution in [3.05, 3.63) is 64.5 Å². The van der Waals surface area contributed by atoms with Crippen LogP contribution in [0.5, 0.6) is 0 Å². The highest BCUT2D eigenvalue weighted by Gasteiger charge is 2.19. The van der Waals surface area contributed by atoms with Gasteiger partial charge in [-0.2, -0.15) is 0 Å². The first-order chi connectivity index (χ1) is 15.0. The van der Waals surface area contributed by atoms with Crippen molar-refractivity contribution in [2.24, 2.45) is 0 Å². The van der Waals surface area contributed by atoms with Crippen molar-refractivity contribution in [3.63, 3.8) is 0 Å². The molecule has 1 heterocycles. The number of aromatic nitrogens is 2. The lowest BCUT2D eigenvalue weighted by Crippen LogP contribution is -2.35. The van der Waals surface area contributed by atoms with Crippen LogP contribution in [0.3, 0.4) is 0 Å². The van der Waals surface area contributed by atoms with Crippen LogP contribution in [0.4, 0.5) is 8.78 Å². The average Bonchev–Trinajstić information content (AvgIpc) is 3.02.